The van der Waals surface area contributed by atoms with Crippen molar-refractivity contribution in [2.75, 3.05) is 13.1 Å². The number of carboxylic acid groups (broad SMARTS) is 1. The van der Waals surface area contributed by atoms with E-state index in [0.29, 0.717) is 12.3 Å². The van der Waals surface area contributed by atoms with Crippen molar-refractivity contribution in [3.05, 3.63) is 22.4 Å². The molecule has 1 fully saturated rings. The Labute approximate surface area is 112 Å². The van der Waals surface area contributed by atoms with Crippen LogP contribution in [0.4, 0.5) is 0 Å². The molecule has 0 saturated carbocycles. The van der Waals surface area contributed by atoms with E-state index >= 15 is 0 Å². The van der Waals surface area contributed by atoms with Gasteiger partial charge in [-0.2, -0.15) is 0 Å². The van der Waals surface area contributed by atoms with Crippen LogP contribution in [-0.2, 0) is 11.3 Å². The molecular formula is C14H21NO2S. The number of thiophene rings is 1. The second-order valence-corrected chi connectivity index (χ2v) is 6.32. The summed E-state index contributed by atoms with van der Waals surface area (Å²) in [5, 5.41) is 11.0. The van der Waals surface area contributed by atoms with Gasteiger partial charge in [0.25, 0.3) is 0 Å². The smallest absolute Gasteiger partial charge is 0.303 e. The van der Waals surface area contributed by atoms with Crippen molar-refractivity contribution in [1.82, 2.24) is 4.90 Å². The molecule has 1 aromatic heterocycles. The second kappa shape index (κ2) is 6.34. The molecule has 2 rings (SSSR count). The number of nitrogens with zero attached hydrogens (tertiary/aromatic N) is 1. The molecule has 4 heteroatoms. The largest absolute Gasteiger partial charge is 0.481 e. The maximum absolute atomic E-state index is 10.8. The Hall–Kier alpha value is -0.870. The zero-order valence-electron chi connectivity index (χ0n) is 10.8. The predicted octanol–water partition coefficient (Wildman–Crippen LogP) is 3.07. The first kappa shape index (κ1) is 13.6. The summed E-state index contributed by atoms with van der Waals surface area (Å²) in [6.07, 6.45) is 2.67. The van der Waals surface area contributed by atoms with Gasteiger partial charge in [0, 0.05) is 24.4 Å². The first-order valence-corrected chi connectivity index (χ1v) is 7.49. The molecule has 0 aliphatic carbocycles. The summed E-state index contributed by atoms with van der Waals surface area (Å²) in [4.78, 5) is 14.7. The number of aliphatic carboxylic acids is 1. The van der Waals surface area contributed by atoms with Gasteiger partial charge >= 0.3 is 5.97 Å². The van der Waals surface area contributed by atoms with Crippen LogP contribution in [0.1, 0.15) is 31.1 Å². The van der Waals surface area contributed by atoms with Crippen LogP contribution in [0.25, 0.3) is 0 Å². The Morgan fingerprint density at radius 1 is 1.67 bits per heavy atom. The Bertz CT molecular complexity index is 377. The molecule has 0 amide bonds. The predicted molar refractivity (Wildman–Crippen MR) is 73.7 cm³/mol. The van der Waals surface area contributed by atoms with E-state index in [-0.39, 0.29) is 5.92 Å². The van der Waals surface area contributed by atoms with Gasteiger partial charge in [0.15, 0.2) is 0 Å². The summed E-state index contributed by atoms with van der Waals surface area (Å²) in [7, 11) is 0. The number of carboxylic acids is 1. The third-order valence-electron chi connectivity index (χ3n) is 3.80. The molecule has 2 heterocycles. The Kier molecular flexibility index (Phi) is 4.78. The van der Waals surface area contributed by atoms with Crippen molar-refractivity contribution in [3.8, 4) is 0 Å². The van der Waals surface area contributed by atoms with Crippen molar-refractivity contribution in [3.63, 3.8) is 0 Å². The third-order valence-corrected chi connectivity index (χ3v) is 4.66. The van der Waals surface area contributed by atoms with E-state index in [4.69, 9.17) is 5.11 Å². The molecule has 0 aromatic carbocycles. The Morgan fingerprint density at radius 3 is 3.17 bits per heavy atom. The highest BCUT2D eigenvalue weighted by atomic mass is 32.1. The SMILES string of the molecule is CC(CC(=O)O)C1CCCN(Cc2cccs2)C1. The Balaban J connectivity index is 1.86. The number of piperidine rings is 1. The second-order valence-electron chi connectivity index (χ2n) is 5.29. The molecular weight excluding hydrogens is 246 g/mol. The number of likely N-dealkylation sites (tertiary alicyclic amines) is 1. The first-order chi connectivity index (χ1) is 8.65. The topological polar surface area (TPSA) is 40.5 Å². The summed E-state index contributed by atoms with van der Waals surface area (Å²) in [5.74, 6) is 0.154. The van der Waals surface area contributed by atoms with Crippen LogP contribution in [0.5, 0.6) is 0 Å². The summed E-state index contributed by atoms with van der Waals surface area (Å²) in [6, 6.07) is 4.27. The molecule has 1 N–H and O–H groups in total. The minimum atomic E-state index is -0.669. The number of carbonyl (C=O) groups is 1. The molecule has 3 nitrogen and oxygen atoms in total. The van der Waals surface area contributed by atoms with Crippen molar-refractivity contribution in [2.45, 2.75) is 32.7 Å². The van der Waals surface area contributed by atoms with Crippen LogP contribution in [0.2, 0.25) is 0 Å². The van der Waals surface area contributed by atoms with E-state index in [1.807, 2.05) is 0 Å². The zero-order valence-corrected chi connectivity index (χ0v) is 11.7. The van der Waals surface area contributed by atoms with E-state index in [2.05, 4.69) is 29.3 Å². The summed E-state index contributed by atoms with van der Waals surface area (Å²) in [6.45, 7) is 5.29. The highest BCUT2D eigenvalue weighted by Gasteiger charge is 2.25. The van der Waals surface area contributed by atoms with Crippen LogP contribution < -0.4 is 0 Å². The fourth-order valence-corrected chi connectivity index (χ4v) is 3.51. The van der Waals surface area contributed by atoms with E-state index < -0.39 is 5.97 Å². The van der Waals surface area contributed by atoms with Crippen LogP contribution in [0.3, 0.4) is 0 Å². The standard InChI is InChI=1S/C14H21NO2S/c1-11(8-14(16)17)12-4-2-6-15(9-12)10-13-5-3-7-18-13/h3,5,7,11-12H,2,4,6,8-10H2,1H3,(H,16,17). The molecule has 2 atom stereocenters. The molecule has 0 spiro atoms. The van der Waals surface area contributed by atoms with E-state index in [9.17, 15) is 4.79 Å². The molecule has 0 bridgehead atoms. The average Bonchev–Trinajstić information content (AvgIpc) is 2.81. The van der Waals surface area contributed by atoms with Gasteiger partial charge < -0.3 is 5.11 Å². The first-order valence-electron chi connectivity index (χ1n) is 6.61. The third kappa shape index (κ3) is 3.82. The van der Waals surface area contributed by atoms with Crippen molar-refractivity contribution >= 4 is 17.3 Å². The summed E-state index contributed by atoms with van der Waals surface area (Å²) in [5.41, 5.74) is 0. The molecule has 1 aliphatic rings. The van der Waals surface area contributed by atoms with Crippen LogP contribution in [-0.4, -0.2) is 29.1 Å². The van der Waals surface area contributed by atoms with Gasteiger partial charge in [-0.05, 0) is 42.7 Å². The molecule has 1 aromatic rings. The van der Waals surface area contributed by atoms with Gasteiger partial charge in [0.1, 0.15) is 0 Å². The Morgan fingerprint density at radius 2 is 2.50 bits per heavy atom. The maximum atomic E-state index is 10.8. The molecule has 1 saturated heterocycles. The van der Waals surface area contributed by atoms with Crippen molar-refractivity contribution in [1.29, 1.82) is 0 Å². The minimum Gasteiger partial charge on any atom is -0.481 e. The summed E-state index contributed by atoms with van der Waals surface area (Å²) < 4.78 is 0. The lowest BCUT2D eigenvalue weighted by Gasteiger charge is -2.35. The molecule has 0 radical (unpaired) electrons. The van der Waals surface area contributed by atoms with Crippen molar-refractivity contribution in [2.24, 2.45) is 11.8 Å². The maximum Gasteiger partial charge on any atom is 0.303 e. The number of hydrogen-bond acceptors (Lipinski definition) is 3. The van der Waals surface area contributed by atoms with Crippen molar-refractivity contribution < 1.29 is 9.90 Å². The van der Waals surface area contributed by atoms with Crippen LogP contribution >= 0.6 is 11.3 Å². The van der Waals surface area contributed by atoms with E-state index in [1.54, 1.807) is 11.3 Å². The van der Waals surface area contributed by atoms with Crippen LogP contribution in [0.15, 0.2) is 17.5 Å². The van der Waals surface area contributed by atoms with Gasteiger partial charge in [0.2, 0.25) is 0 Å². The van der Waals surface area contributed by atoms with Gasteiger partial charge in [-0.25, -0.2) is 0 Å². The monoisotopic (exact) mass is 267 g/mol. The lowest BCUT2D eigenvalue weighted by molar-refractivity contribution is -0.138. The lowest BCUT2D eigenvalue weighted by atomic mass is 9.84. The quantitative estimate of drug-likeness (QED) is 0.891. The van der Waals surface area contributed by atoms with Gasteiger partial charge in [0.05, 0.1) is 0 Å². The van der Waals surface area contributed by atoms with Gasteiger partial charge in [-0.15, -0.1) is 11.3 Å². The average molecular weight is 267 g/mol. The highest BCUT2D eigenvalue weighted by molar-refractivity contribution is 7.09. The number of hydrogen-bond donors (Lipinski definition) is 1. The van der Waals surface area contributed by atoms with Gasteiger partial charge in [-0.1, -0.05) is 13.0 Å². The number of rotatable bonds is 5. The normalized spacial score (nSPS) is 22.8. The fraction of sp³-hybridized carbons (Fsp3) is 0.643. The molecule has 2 unspecified atom stereocenters. The van der Waals surface area contributed by atoms with Crippen LogP contribution in [0, 0.1) is 11.8 Å². The molecule has 1 aliphatic heterocycles. The minimum absolute atomic E-state index is 0.286. The van der Waals surface area contributed by atoms with Gasteiger partial charge in [-0.3, -0.25) is 9.69 Å². The molecule has 100 valence electrons. The fourth-order valence-electron chi connectivity index (χ4n) is 2.76. The lowest BCUT2D eigenvalue weighted by Crippen LogP contribution is -2.37. The summed E-state index contributed by atoms with van der Waals surface area (Å²) >= 11 is 1.80. The molecule has 18 heavy (non-hydrogen) atoms. The van der Waals surface area contributed by atoms with E-state index in [1.165, 1.54) is 17.7 Å². The highest BCUT2D eigenvalue weighted by Crippen LogP contribution is 2.27. The zero-order chi connectivity index (χ0) is 13.0. The van der Waals surface area contributed by atoms with E-state index in [0.717, 1.165) is 19.6 Å².